The lowest BCUT2D eigenvalue weighted by Crippen LogP contribution is -2.15. The number of para-hydroxylation sites is 1. The Balaban J connectivity index is 2.10. The SMILES string of the molecule is CC(Br)C1=C(c2cccc(F)c2)Cc2ccccc2O1. The van der Waals surface area contributed by atoms with E-state index in [1.807, 2.05) is 37.3 Å². The number of halogens is 2. The van der Waals surface area contributed by atoms with Gasteiger partial charge in [0.25, 0.3) is 0 Å². The fourth-order valence-corrected chi connectivity index (χ4v) is 2.82. The Morgan fingerprint density at radius 2 is 1.95 bits per heavy atom. The summed E-state index contributed by atoms with van der Waals surface area (Å²) in [6, 6.07) is 14.6. The van der Waals surface area contributed by atoms with Gasteiger partial charge in [0.05, 0.1) is 4.83 Å². The molecule has 0 N–H and O–H groups in total. The van der Waals surface area contributed by atoms with E-state index < -0.39 is 0 Å². The van der Waals surface area contributed by atoms with E-state index >= 15 is 0 Å². The molecular weight excluding hydrogens is 319 g/mol. The van der Waals surface area contributed by atoms with Gasteiger partial charge in [-0.3, -0.25) is 0 Å². The van der Waals surface area contributed by atoms with Gasteiger partial charge in [-0.2, -0.15) is 0 Å². The molecule has 1 aliphatic rings. The van der Waals surface area contributed by atoms with E-state index in [0.717, 1.165) is 34.6 Å². The van der Waals surface area contributed by atoms with Crippen LogP contribution in [-0.2, 0) is 6.42 Å². The summed E-state index contributed by atoms with van der Waals surface area (Å²) in [7, 11) is 0. The van der Waals surface area contributed by atoms with E-state index in [1.165, 1.54) is 6.07 Å². The van der Waals surface area contributed by atoms with Gasteiger partial charge in [0.2, 0.25) is 0 Å². The largest absolute Gasteiger partial charge is 0.460 e. The van der Waals surface area contributed by atoms with Crippen molar-refractivity contribution in [1.29, 1.82) is 0 Å². The van der Waals surface area contributed by atoms with Gasteiger partial charge in [0, 0.05) is 12.0 Å². The fourth-order valence-electron chi connectivity index (χ4n) is 2.45. The summed E-state index contributed by atoms with van der Waals surface area (Å²) >= 11 is 3.57. The average molecular weight is 333 g/mol. The van der Waals surface area contributed by atoms with Gasteiger partial charge in [0.1, 0.15) is 17.3 Å². The zero-order valence-electron chi connectivity index (χ0n) is 11.1. The highest BCUT2D eigenvalue weighted by Crippen LogP contribution is 2.37. The third kappa shape index (κ3) is 2.50. The first-order valence-electron chi connectivity index (χ1n) is 6.54. The molecule has 0 aromatic heterocycles. The number of alkyl halides is 1. The van der Waals surface area contributed by atoms with Crippen LogP contribution in [0.5, 0.6) is 5.75 Å². The minimum atomic E-state index is -0.226. The lowest BCUT2D eigenvalue weighted by Gasteiger charge is -2.25. The average Bonchev–Trinajstić information content (AvgIpc) is 2.46. The summed E-state index contributed by atoms with van der Waals surface area (Å²) in [5, 5.41) is 0. The topological polar surface area (TPSA) is 9.23 Å². The molecule has 3 rings (SSSR count). The molecule has 0 spiro atoms. The zero-order chi connectivity index (χ0) is 14.1. The molecule has 1 heterocycles. The summed E-state index contributed by atoms with van der Waals surface area (Å²) in [6.45, 7) is 2.02. The molecule has 0 radical (unpaired) electrons. The third-order valence-corrected chi connectivity index (χ3v) is 3.81. The van der Waals surface area contributed by atoms with Crippen molar-refractivity contribution in [1.82, 2.24) is 0 Å². The Morgan fingerprint density at radius 3 is 2.70 bits per heavy atom. The molecule has 1 atom stereocenters. The Morgan fingerprint density at radius 1 is 1.15 bits per heavy atom. The molecule has 2 aromatic carbocycles. The van der Waals surface area contributed by atoms with Gasteiger partial charge in [0.15, 0.2) is 0 Å². The van der Waals surface area contributed by atoms with E-state index in [-0.39, 0.29) is 10.6 Å². The normalized spacial score (nSPS) is 15.6. The standard InChI is InChI=1S/C17H14BrFO/c1-11(18)17-15(12-6-4-7-14(19)9-12)10-13-5-2-3-8-16(13)20-17/h2-9,11H,10H2,1H3. The molecule has 102 valence electrons. The third-order valence-electron chi connectivity index (χ3n) is 3.39. The quantitative estimate of drug-likeness (QED) is 0.706. The maximum absolute atomic E-state index is 13.5. The van der Waals surface area contributed by atoms with Crippen LogP contribution in [0.4, 0.5) is 4.39 Å². The maximum Gasteiger partial charge on any atom is 0.130 e. The minimum absolute atomic E-state index is 0.0779. The van der Waals surface area contributed by atoms with E-state index in [1.54, 1.807) is 12.1 Å². The van der Waals surface area contributed by atoms with Crippen molar-refractivity contribution < 1.29 is 9.13 Å². The first kappa shape index (κ1) is 13.4. The summed E-state index contributed by atoms with van der Waals surface area (Å²) in [5.41, 5.74) is 3.04. The Kier molecular flexibility index (Phi) is 3.62. The van der Waals surface area contributed by atoms with Crippen LogP contribution in [-0.4, -0.2) is 4.83 Å². The maximum atomic E-state index is 13.5. The molecule has 0 saturated heterocycles. The highest BCUT2D eigenvalue weighted by Gasteiger charge is 2.23. The molecule has 2 aromatic rings. The number of fused-ring (bicyclic) bond motifs is 1. The van der Waals surface area contributed by atoms with Crippen LogP contribution in [0.25, 0.3) is 5.57 Å². The number of ether oxygens (including phenoxy) is 1. The number of allylic oxidation sites excluding steroid dienone is 2. The van der Waals surface area contributed by atoms with Crippen LogP contribution in [0.2, 0.25) is 0 Å². The Labute approximate surface area is 126 Å². The highest BCUT2D eigenvalue weighted by atomic mass is 79.9. The van der Waals surface area contributed by atoms with Gasteiger partial charge >= 0.3 is 0 Å². The molecule has 0 aliphatic carbocycles. The van der Waals surface area contributed by atoms with Crippen molar-refractivity contribution in [3.8, 4) is 5.75 Å². The Hall–Kier alpha value is -1.61. The first-order valence-corrected chi connectivity index (χ1v) is 7.45. The molecule has 0 bridgehead atoms. The van der Waals surface area contributed by atoms with E-state index in [0.29, 0.717) is 0 Å². The monoisotopic (exact) mass is 332 g/mol. The minimum Gasteiger partial charge on any atom is -0.460 e. The molecule has 3 heteroatoms. The second-order valence-electron chi connectivity index (χ2n) is 4.86. The molecule has 20 heavy (non-hydrogen) atoms. The molecule has 0 saturated carbocycles. The molecule has 0 fully saturated rings. The van der Waals surface area contributed by atoms with Crippen LogP contribution in [0.1, 0.15) is 18.1 Å². The van der Waals surface area contributed by atoms with Gasteiger partial charge in [-0.15, -0.1) is 0 Å². The molecule has 1 unspecified atom stereocenters. The van der Waals surface area contributed by atoms with Gasteiger partial charge in [-0.25, -0.2) is 4.39 Å². The van der Waals surface area contributed by atoms with Crippen LogP contribution < -0.4 is 4.74 Å². The Bertz CT molecular complexity index is 676. The lowest BCUT2D eigenvalue weighted by molar-refractivity contribution is 0.404. The second kappa shape index (κ2) is 5.41. The van der Waals surface area contributed by atoms with Crippen LogP contribution in [0.15, 0.2) is 54.3 Å². The van der Waals surface area contributed by atoms with Crippen LogP contribution in [0, 0.1) is 5.82 Å². The number of rotatable bonds is 2. The molecule has 0 amide bonds. The van der Waals surface area contributed by atoms with Crippen LogP contribution >= 0.6 is 15.9 Å². The number of hydrogen-bond acceptors (Lipinski definition) is 1. The van der Waals surface area contributed by atoms with Crippen molar-refractivity contribution in [3.05, 3.63) is 71.2 Å². The van der Waals surface area contributed by atoms with Crippen molar-refractivity contribution in [2.75, 3.05) is 0 Å². The summed E-state index contributed by atoms with van der Waals surface area (Å²) in [5.74, 6) is 1.51. The fraction of sp³-hybridized carbons (Fsp3) is 0.176. The smallest absolute Gasteiger partial charge is 0.130 e. The van der Waals surface area contributed by atoms with E-state index in [9.17, 15) is 4.39 Å². The predicted octanol–water partition coefficient (Wildman–Crippen LogP) is 4.96. The summed E-state index contributed by atoms with van der Waals surface area (Å²) in [6.07, 6.45) is 0.755. The molecule has 1 nitrogen and oxygen atoms in total. The van der Waals surface area contributed by atoms with Crippen molar-refractivity contribution in [2.45, 2.75) is 18.2 Å². The molecular formula is C17H14BrFO. The lowest BCUT2D eigenvalue weighted by atomic mass is 9.93. The van der Waals surface area contributed by atoms with Crippen molar-refractivity contribution in [2.24, 2.45) is 0 Å². The molecule has 1 aliphatic heterocycles. The first-order chi connectivity index (χ1) is 9.65. The summed E-state index contributed by atoms with van der Waals surface area (Å²) in [4.78, 5) is 0.0779. The van der Waals surface area contributed by atoms with E-state index in [2.05, 4.69) is 15.9 Å². The van der Waals surface area contributed by atoms with Crippen LogP contribution in [0.3, 0.4) is 0 Å². The van der Waals surface area contributed by atoms with Gasteiger partial charge in [-0.05, 0) is 36.2 Å². The second-order valence-corrected chi connectivity index (χ2v) is 6.23. The van der Waals surface area contributed by atoms with Crippen molar-refractivity contribution >= 4 is 21.5 Å². The summed E-state index contributed by atoms with van der Waals surface area (Å²) < 4.78 is 19.5. The number of hydrogen-bond donors (Lipinski definition) is 0. The van der Waals surface area contributed by atoms with E-state index in [4.69, 9.17) is 4.74 Å². The van der Waals surface area contributed by atoms with Gasteiger partial charge < -0.3 is 4.74 Å². The number of benzene rings is 2. The predicted molar refractivity (Wildman–Crippen MR) is 82.5 cm³/mol. The zero-order valence-corrected chi connectivity index (χ0v) is 12.7. The van der Waals surface area contributed by atoms with Crippen molar-refractivity contribution in [3.63, 3.8) is 0 Å². The van der Waals surface area contributed by atoms with Gasteiger partial charge in [-0.1, -0.05) is 46.3 Å². The highest BCUT2D eigenvalue weighted by molar-refractivity contribution is 9.09.